The molecule has 0 aliphatic rings. The van der Waals surface area contributed by atoms with Crippen LogP contribution in [0.1, 0.15) is 45.8 Å². The number of amides is 1. The predicted octanol–water partition coefficient (Wildman–Crippen LogP) is 6.48. The van der Waals surface area contributed by atoms with Crippen molar-refractivity contribution in [2.24, 2.45) is 0 Å². The highest BCUT2D eigenvalue weighted by Crippen LogP contribution is 2.34. The summed E-state index contributed by atoms with van der Waals surface area (Å²) >= 11 is -0.509. The number of carbonyl (C=O) groups excluding carboxylic acids is 1. The molecule has 0 bridgehead atoms. The quantitative estimate of drug-likeness (QED) is 0.130. The number of aliphatic carboxylic acids is 1. The summed E-state index contributed by atoms with van der Waals surface area (Å²) in [7, 11) is 0. The molecular formula is C33H35NO7S2. The third-order valence-corrected chi connectivity index (χ3v) is 8.69. The largest absolute Gasteiger partial charge is 0.480 e. The van der Waals surface area contributed by atoms with Crippen LogP contribution in [0.15, 0.2) is 84.9 Å². The Morgan fingerprint density at radius 3 is 2.42 bits per heavy atom. The average molecular weight is 622 g/mol. The van der Waals surface area contributed by atoms with Gasteiger partial charge in [0.25, 0.3) is 5.91 Å². The van der Waals surface area contributed by atoms with Gasteiger partial charge in [0, 0.05) is 21.9 Å². The topological polar surface area (TPSA) is 122 Å². The molecule has 3 unspecified atom stereocenters. The summed E-state index contributed by atoms with van der Waals surface area (Å²) in [6.07, 6.45) is -0.466. The molecule has 1 amide bonds. The van der Waals surface area contributed by atoms with Gasteiger partial charge in [-0.1, -0.05) is 60.7 Å². The van der Waals surface area contributed by atoms with Crippen molar-refractivity contribution in [3.05, 3.63) is 106 Å². The van der Waals surface area contributed by atoms with Gasteiger partial charge in [-0.15, -0.1) is 11.3 Å². The Bertz CT molecular complexity index is 1550. The van der Waals surface area contributed by atoms with Crippen LogP contribution in [-0.2, 0) is 32.0 Å². The lowest BCUT2D eigenvalue weighted by atomic mass is 9.93. The second-order valence-corrected chi connectivity index (χ2v) is 12.1. The number of nitrogens with one attached hydrogen (secondary N) is 1. The maximum Gasteiger partial charge on any atom is 0.326 e. The molecule has 10 heteroatoms. The van der Waals surface area contributed by atoms with Crippen LogP contribution in [-0.4, -0.2) is 50.8 Å². The summed E-state index contributed by atoms with van der Waals surface area (Å²) in [5.41, 5.74) is 4.68. The Kier molecular flexibility index (Phi) is 11.8. The van der Waals surface area contributed by atoms with Crippen molar-refractivity contribution in [1.29, 1.82) is 0 Å². The van der Waals surface area contributed by atoms with Crippen LogP contribution in [0.5, 0.6) is 0 Å². The van der Waals surface area contributed by atoms with Gasteiger partial charge in [0.05, 0.1) is 19.0 Å². The van der Waals surface area contributed by atoms with Gasteiger partial charge in [-0.25, -0.2) is 9.00 Å². The Labute approximate surface area is 258 Å². The predicted molar refractivity (Wildman–Crippen MR) is 170 cm³/mol. The van der Waals surface area contributed by atoms with Crippen molar-refractivity contribution in [3.63, 3.8) is 0 Å². The number of carboxylic acid groups (broad SMARTS) is 1. The van der Waals surface area contributed by atoms with E-state index in [0.717, 1.165) is 32.0 Å². The van der Waals surface area contributed by atoms with Gasteiger partial charge in [0.15, 0.2) is 11.1 Å². The molecule has 4 rings (SSSR count). The molecule has 0 radical (unpaired) electrons. The molecule has 0 fully saturated rings. The van der Waals surface area contributed by atoms with E-state index in [4.69, 9.17) is 14.0 Å². The third-order valence-electron chi connectivity index (χ3n) is 6.88. The average Bonchev–Trinajstić information content (AvgIpc) is 3.50. The molecule has 3 aromatic carbocycles. The Morgan fingerprint density at radius 2 is 1.72 bits per heavy atom. The summed E-state index contributed by atoms with van der Waals surface area (Å²) in [4.78, 5) is 27.3. The lowest BCUT2D eigenvalue weighted by Crippen LogP contribution is -2.41. The Morgan fingerprint density at radius 1 is 0.977 bits per heavy atom. The van der Waals surface area contributed by atoms with E-state index in [1.807, 2.05) is 62.4 Å². The minimum atomic E-state index is -2.17. The van der Waals surface area contributed by atoms with Crippen LogP contribution in [0.4, 0.5) is 0 Å². The molecule has 0 aliphatic carbocycles. The number of rotatable bonds is 15. The summed E-state index contributed by atoms with van der Waals surface area (Å²) < 4.78 is 32.3. The minimum absolute atomic E-state index is 0.175. The molecular weight excluding hydrogens is 586 g/mol. The molecule has 0 aliphatic heterocycles. The van der Waals surface area contributed by atoms with E-state index < -0.39 is 29.0 Å². The zero-order valence-corrected chi connectivity index (χ0v) is 25.7. The van der Waals surface area contributed by atoms with Crippen molar-refractivity contribution < 1.29 is 32.9 Å². The van der Waals surface area contributed by atoms with Gasteiger partial charge in [0.2, 0.25) is 0 Å². The summed E-state index contributed by atoms with van der Waals surface area (Å²) in [5.74, 6) is -2.12. The normalized spacial score (nSPS) is 13.3. The van der Waals surface area contributed by atoms with E-state index >= 15 is 0 Å². The number of carboxylic acids is 1. The molecule has 0 spiro atoms. The molecule has 8 nitrogen and oxygen atoms in total. The zero-order chi connectivity index (χ0) is 30.8. The number of ether oxygens (including phenoxy) is 2. The molecule has 226 valence electrons. The van der Waals surface area contributed by atoms with Crippen LogP contribution >= 0.6 is 11.3 Å². The fourth-order valence-corrected chi connectivity index (χ4v) is 6.09. The molecule has 1 aromatic heterocycles. The first-order chi connectivity index (χ1) is 20.8. The highest BCUT2D eigenvalue weighted by molar-refractivity contribution is 7.79. The molecule has 3 atom stereocenters. The van der Waals surface area contributed by atoms with Gasteiger partial charge in [0.1, 0.15) is 12.1 Å². The fourth-order valence-electron chi connectivity index (χ4n) is 4.61. The van der Waals surface area contributed by atoms with E-state index in [0.29, 0.717) is 24.3 Å². The van der Waals surface area contributed by atoms with Crippen LogP contribution in [0.25, 0.3) is 21.6 Å². The van der Waals surface area contributed by atoms with E-state index in [-0.39, 0.29) is 24.9 Å². The first-order valence-corrected chi connectivity index (χ1v) is 16.0. The molecule has 3 N–H and O–H groups in total. The number of hydrogen-bond acceptors (Lipinski definition) is 6. The van der Waals surface area contributed by atoms with Crippen molar-refractivity contribution in [3.8, 4) is 21.6 Å². The second kappa shape index (κ2) is 15.7. The minimum Gasteiger partial charge on any atom is -0.480 e. The molecule has 43 heavy (non-hydrogen) atoms. The highest BCUT2D eigenvalue weighted by atomic mass is 32.2. The monoisotopic (exact) mass is 621 g/mol. The van der Waals surface area contributed by atoms with Crippen LogP contribution < -0.4 is 5.32 Å². The molecule has 4 aromatic rings. The standard InChI is InChI=1S/C33H35NO7S2/c1-3-40-21-29(31-16-15-30(42-31)24-10-5-4-6-11-24)41-20-23-13-14-26(27(19-23)25-12-8-7-9-22(25)2)32(35)34-28(33(36)37)17-18-43(38)39/h4-16,19,28-29H,3,17-18,20-21H2,1-2H3,(H,34,35)(H,36,37)(H,38,39). The summed E-state index contributed by atoms with van der Waals surface area (Å²) in [6.45, 7) is 5.10. The first kappa shape index (κ1) is 32.2. The van der Waals surface area contributed by atoms with E-state index in [2.05, 4.69) is 29.6 Å². The van der Waals surface area contributed by atoms with Crippen molar-refractivity contribution in [1.82, 2.24) is 5.32 Å². The summed E-state index contributed by atoms with van der Waals surface area (Å²) in [6, 6.07) is 26.0. The van der Waals surface area contributed by atoms with Gasteiger partial charge in [-0.05, 0) is 72.4 Å². The Hall–Kier alpha value is -3.67. The SMILES string of the molecule is CCOCC(OCc1ccc(C(=O)NC(CCS(=O)O)C(=O)O)c(-c2ccccc2C)c1)c1ccc(-c2ccccc2)s1. The Balaban J connectivity index is 1.59. The van der Waals surface area contributed by atoms with Gasteiger partial charge in [-0.2, -0.15) is 0 Å². The number of thiophene rings is 1. The molecule has 0 saturated heterocycles. The van der Waals surface area contributed by atoms with Crippen LogP contribution in [0, 0.1) is 6.92 Å². The van der Waals surface area contributed by atoms with Crippen LogP contribution in [0.3, 0.4) is 0 Å². The van der Waals surface area contributed by atoms with Crippen LogP contribution in [0.2, 0.25) is 0 Å². The third kappa shape index (κ3) is 8.92. The van der Waals surface area contributed by atoms with E-state index in [1.54, 1.807) is 23.5 Å². The molecule has 1 heterocycles. The van der Waals surface area contributed by atoms with Crippen molar-refractivity contribution >= 4 is 34.3 Å². The van der Waals surface area contributed by atoms with Gasteiger partial charge < -0.3 is 24.4 Å². The lowest BCUT2D eigenvalue weighted by molar-refractivity contribution is -0.139. The van der Waals surface area contributed by atoms with Crippen molar-refractivity contribution in [2.75, 3.05) is 19.0 Å². The smallest absolute Gasteiger partial charge is 0.326 e. The second-order valence-electron chi connectivity index (χ2n) is 9.90. The maximum atomic E-state index is 13.4. The maximum absolute atomic E-state index is 13.4. The number of aryl methyl sites for hydroxylation is 1. The number of carbonyl (C=O) groups is 2. The number of benzene rings is 3. The fraction of sp³-hybridized carbons (Fsp3) is 0.273. The summed E-state index contributed by atoms with van der Waals surface area (Å²) in [5, 5.41) is 12.1. The van der Waals surface area contributed by atoms with Gasteiger partial charge in [-0.3, -0.25) is 4.79 Å². The zero-order valence-electron chi connectivity index (χ0n) is 24.0. The lowest BCUT2D eigenvalue weighted by Gasteiger charge is -2.19. The van der Waals surface area contributed by atoms with E-state index in [1.165, 1.54) is 0 Å². The number of hydrogen-bond donors (Lipinski definition) is 3. The van der Waals surface area contributed by atoms with Crippen molar-refractivity contribution in [2.45, 2.75) is 39.0 Å². The highest BCUT2D eigenvalue weighted by Gasteiger charge is 2.24. The van der Waals surface area contributed by atoms with Gasteiger partial charge >= 0.3 is 5.97 Å². The van der Waals surface area contributed by atoms with E-state index in [9.17, 15) is 18.9 Å². The first-order valence-electron chi connectivity index (χ1n) is 13.9. The molecule has 0 saturated carbocycles.